The van der Waals surface area contributed by atoms with Gasteiger partial charge in [-0.05, 0) is 80.5 Å². The topological polar surface area (TPSA) is 174 Å². The molecule has 0 aliphatic carbocycles. The largest absolute Gasteiger partial charge is 0.497 e. The summed E-state index contributed by atoms with van der Waals surface area (Å²) in [7, 11) is 1.61. The van der Waals surface area contributed by atoms with Gasteiger partial charge in [-0.15, -0.1) is 0 Å². The highest BCUT2D eigenvalue weighted by Crippen LogP contribution is 2.33. The lowest BCUT2D eigenvalue weighted by molar-refractivity contribution is -0.192. The van der Waals surface area contributed by atoms with Crippen molar-refractivity contribution in [3.8, 4) is 28.3 Å². The number of hydrogen-bond acceptors (Lipinski definition) is 9. The standard InChI is InChI=1S/C34H32N8O3.C2HF3O2/c1-44-28-10-8-27(9-11-28)42(26-5-3-2-4-6-26)34(43)39-24-7-12-30-31(18-24)45-33(40-30)29-17-22(19-37-32(29)35)23-20-38-41(21-23)25-13-15-36-16-14-25;3-2(4,5)1(6)7/h2-12,17-21,25,36H,13-16H2,1H3,(H2,35,37)(H,39,43);(H,6,7). The first-order chi connectivity index (χ1) is 25.0. The van der Waals surface area contributed by atoms with Gasteiger partial charge in [0.1, 0.15) is 17.1 Å². The molecule has 13 nitrogen and oxygen atoms in total. The molecule has 7 rings (SSSR count). The van der Waals surface area contributed by atoms with Crippen molar-refractivity contribution in [3.05, 3.63) is 97.5 Å². The number of pyridine rings is 1. The summed E-state index contributed by atoms with van der Waals surface area (Å²) in [6.07, 6.45) is 2.65. The van der Waals surface area contributed by atoms with Crippen molar-refractivity contribution in [2.75, 3.05) is 36.1 Å². The summed E-state index contributed by atoms with van der Waals surface area (Å²) in [5, 5.41) is 18.1. The van der Waals surface area contributed by atoms with Gasteiger partial charge in [0.25, 0.3) is 0 Å². The number of amides is 2. The number of aromatic nitrogens is 4. The van der Waals surface area contributed by atoms with Crippen LogP contribution in [0.4, 0.5) is 40.8 Å². The first-order valence-electron chi connectivity index (χ1n) is 16.0. The molecule has 0 unspecified atom stereocenters. The molecule has 2 amide bonds. The third-order valence-electron chi connectivity index (χ3n) is 8.20. The second kappa shape index (κ2) is 15.2. The highest BCUT2D eigenvalue weighted by molar-refractivity contribution is 6.07. The summed E-state index contributed by atoms with van der Waals surface area (Å²) in [6.45, 7) is 1.98. The summed E-state index contributed by atoms with van der Waals surface area (Å²) < 4.78 is 45.2. The monoisotopic (exact) mass is 714 g/mol. The van der Waals surface area contributed by atoms with E-state index in [0.29, 0.717) is 57.2 Å². The molecule has 0 bridgehead atoms. The Morgan fingerprint density at radius 3 is 2.37 bits per heavy atom. The number of aliphatic carboxylic acids is 1. The number of piperidine rings is 1. The quantitative estimate of drug-likeness (QED) is 0.132. The van der Waals surface area contributed by atoms with Gasteiger partial charge in [-0.25, -0.2) is 19.6 Å². The van der Waals surface area contributed by atoms with Crippen LogP contribution in [0, 0.1) is 0 Å². The average Bonchev–Trinajstić information content (AvgIpc) is 3.81. The smallest absolute Gasteiger partial charge is 0.490 e. The third kappa shape index (κ3) is 8.13. The van der Waals surface area contributed by atoms with Crippen LogP contribution in [0.3, 0.4) is 0 Å². The number of alkyl halides is 3. The Morgan fingerprint density at radius 1 is 1.00 bits per heavy atom. The van der Waals surface area contributed by atoms with Crippen molar-refractivity contribution in [1.82, 2.24) is 25.1 Å². The lowest BCUT2D eigenvalue weighted by atomic mass is 10.1. The Balaban J connectivity index is 0.000000604. The average molecular weight is 715 g/mol. The Morgan fingerprint density at radius 2 is 1.69 bits per heavy atom. The molecule has 0 spiro atoms. The molecule has 1 aliphatic heterocycles. The molecule has 3 aromatic heterocycles. The van der Waals surface area contributed by atoms with Gasteiger partial charge in [0.2, 0.25) is 5.89 Å². The van der Waals surface area contributed by atoms with E-state index in [1.807, 2.05) is 71.5 Å². The van der Waals surface area contributed by atoms with Gasteiger partial charge < -0.3 is 30.6 Å². The van der Waals surface area contributed by atoms with Crippen LogP contribution in [-0.2, 0) is 4.79 Å². The molecule has 16 heteroatoms. The molecule has 5 N–H and O–H groups in total. The number of urea groups is 1. The van der Waals surface area contributed by atoms with Gasteiger partial charge in [-0.1, -0.05) is 18.2 Å². The first kappa shape index (κ1) is 35.4. The van der Waals surface area contributed by atoms with Crippen molar-refractivity contribution in [2.45, 2.75) is 25.1 Å². The number of benzene rings is 3. The van der Waals surface area contributed by atoms with Crippen molar-refractivity contribution < 1.29 is 37.0 Å². The van der Waals surface area contributed by atoms with E-state index in [4.69, 9.17) is 24.8 Å². The molecule has 0 atom stereocenters. The number of hydrogen-bond donors (Lipinski definition) is 4. The predicted molar refractivity (Wildman–Crippen MR) is 188 cm³/mol. The number of anilines is 4. The first-order valence-corrected chi connectivity index (χ1v) is 16.0. The number of nitrogens with zero attached hydrogens (tertiary/aromatic N) is 5. The number of fused-ring (bicyclic) bond motifs is 1. The molecule has 6 aromatic rings. The van der Waals surface area contributed by atoms with E-state index < -0.39 is 12.1 Å². The number of ether oxygens (including phenoxy) is 1. The van der Waals surface area contributed by atoms with Gasteiger partial charge in [-0.2, -0.15) is 18.3 Å². The molecule has 1 fully saturated rings. The zero-order valence-electron chi connectivity index (χ0n) is 27.7. The summed E-state index contributed by atoms with van der Waals surface area (Å²) in [5.41, 5.74) is 11.8. The van der Waals surface area contributed by atoms with Crippen LogP contribution in [-0.4, -0.2) is 63.2 Å². The van der Waals surface area contributed by atoms with Crippen LogP contribution in [0.15, 0.2) is 102 Å². The second-order valence-corrected chi connectivity index (χ2v) is 11.7. The van der Waals surface area contributed by atoms with Crippen LogP contribution < -0.4 is 26.0 Å². The number of carbonyl (C=O) groups is 2. The molecule has 0 radical (unpaired) electrons. The lowest BCUT2D eigenvalue weighted by Crippen LogP contribution is -2.30. The van der Waals surface area contributed by atoms with Crippen LogP contribution in [0.2, 0.25) is 0 Å². The molecule has 1 aliphatic rings. The van der Waals surface area contributed by atoms with E-state index in [1.54, 1.807) is 36.4 Å². The molecule has 52 heavy (non-hydrogen) atoms. The molecular weight excluding hydrogens is 681 g/mol. The summed E-state index contributed by atoms with van der Waals surface area (Å²) >= 11 is 0. The third-order valence-corrected chi connectivity index (χ3v) is 8.20. The van der Waals surface area contributed by atoms with Gasteiger partial charge in [0.15, 0.2) is 5.58 Å². The Bertz CT molecular complexity index is 2160. The number of rotatable bonds is 7. The van der Waals surface area contributed by atoms with Crippen molar-refractivity contribution in [2.24, 2.45) is 0 Å². The van der Waals surface area contributed by atoms with Crippen LogP contribution in [0.25, 0.3) is 33.7 Å². The molecule has 0 saturated carbocycles. The minimum Gasteiger partial charge on any atom is -0.497 e. The van der Waals surface area contributed by atoms with Crippen LogP contribution in [0.1, 0.15) is 18.9 Å². The van der Waals surface area contributed by atoms with E-state index in [-0.39, 0.29) is 6.03 Å². The fraction of sp³-hybridized carbons (Fsp3) is 0.194. The van der Waals surface area contributed by atoms with Crippen molar-refractivity contribution in [1.29, 1.82) is 0 Å². The fourth-order valence-electron chi connectivity index (χ4n) is 5.55. The number of nitrogens with two attached hydrogens (primary N) is 1. The zero-order valence-corrected chi connectivity index (χ0v) is 27.7. The Kier molecular flexibility index (Phi) is 10.4. The number of nitrogen functional groups attached to an aromatic ring is 1. The minimum atomic E-state index is -5.08. The lowest BCUT2D eigenvalue weighted by Gasteiger charge is -2.23. The second-order valence-electron chi connectivity index (χ2n) is 11.7. The molecule has 4 heterocycles. The number of carboxylic acid groups (broad SMARTS) is 1. The summed E-state index contributed by atoms with van der Waals surface area (Å²) in [6, 6.07) is 24.0. The summed E-state index contributed by atoms with van der Waals surface area (Å²) in [4.78, 5) is 33.3. The Hall–Kier alpha value is -6.42. The normalized spacial score (nSPS) is 13.2. The molecule has 1 saturated heterocycles. The van der Waals surface area contributed by atoms with E-state index in [2.05, 4.69) is 31.9 Å². The van der Waals surface area contributed by atoms with Gasteiger partial charge >= 0.3 is 18.2 Å². The highest BCUT2D eigenvalue weighted by Gasteiger charge is 2.38. The summed E-state index contributed by atoms with van der Waals surface area (Å²) in [5.74, 6) is -1.40. The molecule has 3 aromatic carbocycles. The SMILES string of the molecule is COc1ccc(N(C(=O)Nc2ccc3nc(-c4cc(-c5cnn(C6CCNCC6)c5)cnc4N)oc3c2)c2ccccc2)cc1.O=C(O)C(F)(F)F. The van der Waals surface area contributed by atoms with Crippen LogP contribution >= 0.6 is 0 Å². The van der Waals surface area contributed by atoms with E-state index in [0.717, 1.165) is 37.1 Å². The minimum absolute atomic E-state index is 0.308. The van der Waals surface area contributed by atoms with E-state index in [9.17, 15) is 18.0 Å². The number of oxazole rings is 1. The van der Waals surface area contributed by atoms with E-state index >= 15 is 0 Å². The van der Waals surface area contributed by atoms with Gasteiger partial charge in [0, 0.05) is 35.3 Å². The maximum Gasteiger partial charge on any atom is 0.490 e. The molecule has 268 valence electrons. The maximum absolute atomic E-state index is 13.7. The van der Waals surface area contributed by atoms with Crippen molar-refractivity contribution in [3.63, 3.8) is 0 Å². The number of methoxy groups -OCH3 is 1. The number of halogens is 3. The van der Waals surface area contributed by atoms with Crippen molar-refractivity contribution >= 4 is 46.0 Å². The van der Waals surface area contributed by atoms with Crippen LogP contribution in [0.5, 0.6) is 5.75 Å². The molecular formula is C36H33F3N8O5. The zero-order chi connectivity index (χ0) is 36.8. The Labute approximate surface area is 294 Å². The maximum atomic E-state index is 13.7. The van der Waals surface area contributed by atoms with Gasteiger partial charge in [0.05, 0.1) is 36.3 Å². The number of para-hydroxylation sites is 1. The predicted octanol–water partition coefficient (Wildman–Crippen LogP) is 7.27. The number of carbonyl (C=O) groups excluding carboxylic acids is 1. The number of nitrogens with one attached hydrogen (secondary N) is 2. The van der Waals surface area contributed by atoms with E-state index in [1.165, 1.54) is 0 Å². The fourth-order valence-corrected chi connectivity index (χ4v) is 5.55. The highest BCUT2D eigenvalue weighted by atomic mass is 19.4. The van der Waals surface area contributed by atoms with Gasteiger partial charge in [-0.3, -0.25) is 9.58 Å². The number of carboxylic acids is 1.